The molecule has 0 aromatic carbocycles. The molecule has 0 aromatic rings. The zero-order chi connectivity index (χ0) is 6.10. The van der Waals surface area contributed by atoms with E-state index in [9.17, 15) is 0 Å². The Balaban J connectivity index is 1.97. The van der Waals surface area contributed by atoms with Gasteiger partial charge in [0.05, 0.1) is 0 Å². The van der Waals surface area contributed by atoms with Gasteiger partial charge in [-0.1, -0.05) is 0 Å². The summed E-state index contributed by atoms with van der Waals surface area (Å²) in [6.45, 7) is 0. The predicted octanol–water partition coefficient (Wildman–Crippen LogP) is 3.11. The molecule has 2 heterocycles. The van der Waals surface area contributed by atoms with Crippen molar-refractivity contribution in [1.82, 2.24) is 0 Å². The van der Waals surface area contributed by atoms with E-state index in [1.165, 1.54) is 0 Å². The van der Waals surface area contributed by atoms with Gasteiger partial charge in [-0.3, -0.25) is 0 Å². The number of halogens is 2. The molecule has 0 aromatic heterocycles. The van der Waals surface area contributed by atoms with Crippen LogP contribution in [0.1, 0.15) is 19.3 Å². The molecule has 2 heteroatoms. The molecule has 0 N–H and O–H groups in total. The van der Waals surface area contributed by atoms with Crippen molar-refractivity contribution in [2.45, 2.75) is 19.3 Å². The molecule has 0 saturated carbocycles. The summed E-state index contributed by atoms with van der Waals surface area (Å²) < 4.78 is 7.15. The maximum absolute atomic E-state index is 1.79. The fraction of sp³-hybridized carbons (Fsp3) is 1.00. The molecule has 9 heavy (non-hydrogen) atoms. The average molecular weight is 352 g/mol. The quantitative estimate of drug-likeness (QED) is 0.464. The van der Waals surface area contributed by atoms with E-state index in [1.54, 1.807) is 37.0 Å². The SMILES string of the molecule is C1CCI2CCCI2C1. The summed E-state index contributed by atoms with van der Waals surface area (Å²) in [6, 6.07) is 0. The molecule has 56 valence electrons. The predicted molar refractivity (Wildman–Crippen MR) is 61.4 cm³/mol. The van der Waals surface area contributed by atoms with Crippen molar-refractivity contribution < 1.29 is 0 Å². The van der Waals surface area contributed by atoms with Crippen LogP contribution in [0.3, 0.4) is 0 Å². The van der Waals surface area contributed by atoms with Gasteiger partial charge in [0.1, 0.15) is 0 Å². The molecule has 2 aliphatic heterocycles. The van der Waals surface area contributed by atoms with Gasteiger partial charge in [-0.15, -0.1) is 0 Å². The second-order valence-corrected chi connectivity index (χ2v) is 26.8. The van der Waals surface area contributed by atoms with Gasteiger partial charge in [0.15, 0.2) is 0 Å². The van der Waals surface area contributed by atoms with Crippen LogP contribution in [0, 0.1) is 0 Å². The van der Waals surface area contributed by atoms with Gasteiger partial charge in [-0.05, 0) is 0 Å². The van der Waals surface area contributed by atoms with Gasteiger partial charge in [-0.25, -0.2) is 0 Å². The minimum absolute atomic E-state index is 0.0922. The topological polar surface area (TPSA) is 0 Å². The van der Waals surface area contributed by atoms with E-state index in [1.807, 2.05) is 0 Å². The van der Waals surface area contributed by atoms with Gasteiger partial charge >= 0.3 is 68.7 Å². The fourth-order valence-corrected chi connectivity index (χ4v) is 34.6. The molecular formula is C7H14I2. The molecule has 0 unspecified atom stereocenters. The molecule has 0 aliphatic carbocycles. The summed E-state index contributed by atoms with van der Waals surface area (Å²) in [5.41, 5.74) is 0. The van der Waals surface area contributed by atoms with Crippen molar-refractivity contribution in [2.75, 3.05) is 17.7 Å². The zero-order valence-corrected chi connectivity index (χ0v) is 10.0. The van der Waals surface area contributed by atoms with Crippen LogP contribution in [-0.2, 0) is 0 Å². The van der Waals surface area contributed by atoms with Gasteiger partial charge in [0, 0.05) is 0 Å². The van der Waals surface area contributed by atoms with Crippen molar-refractivity contribution in [2.24, 2.45) is 0 Å². The van der Waals surface area contributed by atoms with E-state index >= 15 is 0 Å². The van der Waals surface area contributed by atoms with Crippen LogP contribution in [0.25, 0.3) is 0 Å². The third kappa shape index (κ3) is 1.54. The molecule has 0 radical (unpaired) electrons. The molecule has 2 rings (SSSR count). The monoisotopic (exact) mass is 352 g/mol. The van der Waals surface area contributed by atoms with Crippen LogP contribution in [-0.4, -0.2) is 17.7 Å². The minimum atomic E-state index is -0.0922. The van der Waals surface area contributed by atoms with E-state index in [0.717, 1.165) is 0 Å². The zero-order valence-electron chi connectivity index (χ0n) is 5.71. The molecular weight excluding hydrogens is 338 g/mol. The van der Waals surface area contributed by atoms with Crippen molar-refractivity contribution in [1.29, 1.82) is 0 Å². The summed E-state index contributed by atoms with van der Waals surface area (Å²) >= 11 is -0.184. The molecule has 0 bridgehead atoms. The number of rotatable bonds is 0. The Bertz CT molecular complexity index is 91.1. The first-order valence-corrected chi connectivity index (χ1v) is 16.1. The summed E-state index contributed by atoms with van der Waals surface area (Å²) in [5, 5.41) is 0. The van der Waals surface area contributed by atoms with Gasteiger partial charge in [-0.2, -0.15) is 0 Å². The Morgan fingerprint density at radius 1 is 0.556 bits per heavy atom. The molecule has 2 aliphatic rings. The second kappa shape index (κ2) is 3.24. The van der Waals surface area contributed by atoms with Crippen molar-refractivity contribution >= 4 is 31.7 Å². The Kier molecular flexibility index (Phi) is 2.56. The first-order chi connectivity index (χ1) is 4.47. The van der Waals surface area contributed by atoms with Gasteiger partial charge in [0.25, 0.3) is 0 Å². The Morgan fingerprint density at radius 2 is 1.00 bits per heavy atom. The van der Waals surface area contributed by atoms with E-state index in [-0.39, 0.29) is 31.7 Å². The number of hydrogen-bond acceptors (Lipinski definition) is 0. The number of fused-ring (bicyclic) bond motifs is 1. The van der Waals surface area contributed by atoms with Gasteiger partial charge < -0.3 is 0 Å². The number of hydrogen-bond donors (Lipinski definition) is 0. The average Bonchev–Trinajstić information content (AvgIpc) is 2.33. The molecule has 0 atom stereocenters. The van der Waals surface area contributed by atoms with Crippen LogP contribution < -0.4 is 0 Å². The summed E-state index contributed by atoms with van der Waals surface area (Å²) in [5.74, 6) is 0. The summed E-state index contributed by atoms with van der Waals surface area (Å²) in [6.07, 6.45) is 4.95. The normalized spacial score (nSPS) is 34.7. The summed E-state index contributed by atoms with van der Waals surface area (Å²) in [7, 11) is 0. The molecule has 2 fully saturated rings. The van der Waals surface area contributed by atoms with E-state index in [2.05, 4.69) is 0 Å². The Labute approximate surface area is 68.0 Å². The van der Waals surface area contributed by atoms with Crippen LogP contribution in [0.15, 0.2) is 0 Å². The molecule has 0 amide bonds. The second-order valence-electron chi connectivity index (χ2n) is 2.60. The van der Waals surface area contributed by atoms with Crippen LogP contribution in [0.4, 0.5) is 0 Å². The molecule has 0 spiro atoms. The fourth-order valence-electron chi connectivity index (χ4n) is 1.41. The summed E-state index contributed by atoms with van der Waals surface area (Å²) in [4.78, 5) is 0. The van der Waals surface area contributed by atoms with E-state index in [0.29, 0.717) is 0 Å². The van der Waals surface area contributed by atoms with Crippen LogP contribution in [0.2, 0.25) is 0 Å². The maximum atomic E-state index is 1.79. The Hall–Kier alpha value is 1.46. The van der Waals surface area contributed by atoms with E-state index < -0.39 is 0 Å². The van der Waals surface area contributed by atoms with Crippen molar-refractivity contribution in [3.8, 4) is 0 Å². The van der Waals surface area contributed by atoms with Gasteiger partial charge in [0.2, 0.25) is 0 Å². The number of alkyl halides is 4. The Morgan fingerprint density at radius 3 is 1.56 bits per heavy atom. The molecule has 2 saturated heterocycles. The standard InChI is InChI=1S/C7H14I2/c1-2-5-9-7-3-6-8(9)4-1/h1-7H2. The first-order valence-electron chi connectivity index (χ1n) is 3.71. The molecule has 0 nitrogen and oxygen atoms in total. The van der Waals surface area contributed by atoms with Crippen LogP contribution in [0.5, 0.6) is 0 Å². The third-order valence-electron chi connectivity index (χ3n) is 1.89. The van der Waals surface area contributed by atoms with Crippen molar-refractivity contribution in [3.05, 3.63) is 0 Å². The van der Waals surface area contributed by atoms with E-state index in [4.69, 9.17) is 0 Å². The third-order valence-corrected chi connectivity index (χ3v) is 33.1. The van der Waals surface area contributed by atoms with Crippen LogP contribution >= 0.6 is 31.7 Å². The van der Waals surface area contributed by atoms with Crippen molar-refractivity contribution in [3.63, 3.8) is 0 Å². The first kappa shape index (κ1) is 7.13.